The van der Waals surface area contributed by atoms with Crippen molar-refractivity contribution in [1.29, 1.82) is 0 Å². The summed E-state index contributed by atoms with van der Waals surface area (Å²) in [4.78, 5) is 16.0. The fourth-order valence-corrected chi connectivity index (χ4v) is 2.62. The molecule has 1 saturated carbocycles. The molecule has 5 heteroatoms. The highest BCUT2D eigenvalue weighted by Gasteiger charge is 2.17. The number of rotatable bonds is 5. The Morgan fingerprint density at radius 1 is 1.71 bits per heavy atom. The zero-order chi connectivity index (χ0) is 12.3. The Kier molecular flexibility index (Phi) is 4.12. The average Bonchev–Trinajstić information content (AvgIpc) is 2.70. The second-order valence-corrected chi connectivity index (χ2v) is 5.59. The molecule has 3 N–H and O–H groups in total. The molecule has 1 aromatic rings. The predicted molar refractivity (Wildman–Crippen MR) is 69.0 cm³/mol. The smallest absolute Gasteiger partial charge is 0.270 e. The molecule has 1 amide bonds. The molecular weight excluding hydrogens is 234 g/mol. The molecule has 1 fully saturated rings. The highest BCUT2D eigenvalue weighted by Crippen LogP contribution is 2.28. The topological polar surface area (TPSA) is 68.0 Å². The Bertz CT molecular complexity index is 385. The molecule has 2 rings (SSSR count). The molecule has 94 valence electrons. The van der Waals surface area contributed by atoms with E-state index in [0.717, 1.165) is 23.9 Å². The van der Waals surface area contributed by atoms with Gasteiger partial charge in [-0.25, -0.2) is 4.98 Å². The minimum absolute atomic E-state index is 0.0764. The van der Waals surface area contributed by atoms with E-state index in [1.807, 2.05) is 6.92 Å². The van der Waals surface area contributed by atoms with Crippen molar-refractivity contribution in [2.45, 2.75) is 38.6 Å². The van der Waals surface area contributed by atoms with Gasteiger partial charge in [0.25, 0.3) is 5.91 Å². The predicted octanol–water partition coefficient (Wildman–Crippen LogP) is 2.08. The highest BCUT2D eigenvalue weighted by atomic mass is 32.1. The first-order valence-corrected chi connectivity index (χ1v) is 7.04. The first-order valence-electron chi connectivity index (χ1n) is 6.16. The van der Waals surface area contributed by atoms with Crippen LogP contribution in [0.25, 0.3) is 0 Å². The summed E-state index contributed by atoms with van der Waals surface area (Å²) in [5, 5.41) is 5.50. The number of nitrogens with zero attached hydrogens (tertiary/aromatic N) is 1. The summed E-state index contributed by atoms with van der Waals surface area (Å²) < 4.78 is 0. The number of nitrogens with one attached hydrogen (secondary N) is 1. The second-order valence-electron chi connectivity index (χ2n) is 4.70. The van der Waals surface area contributed by atoms with Crippen LogP contribution in [-0.4, -0.2) is 17.4 Å². The number of thiazole rings is 1. The van der Waals surface area contributed by atoms with Crippen LogP contribution >= 0.6 is 11.3 Å². The lowest BCUT2D eigenvalue weighted by molar-refractivity contribution is 0.0944. The molecule has 1 atom stereocenters. The molecule has 4 nitrogen and oxygen atoms in total. The third kappa shape index (κ3) is 3.26. The van der Waals surface area contributed by atoms with Gasteiger partial charge in [0.05, 0.1) is 6.04 Å². The average molecular weight is 253 g/mol. The molecular formula is C12H19N3OS. The van der Waals surface area contributed by atoms with Crippen molar-refractivity contribution in [2.75, 3.05) is 6.54 Å². The summed E-state index contributed by atoms with van der Waals surface area (Å²) in [6.45, 7) is 2.63. The quantitative estimate of drug-likeness (QED) is 0.844. The molecule has 0 aliphatic heterocycles. The van der Waals surface area contributed by atoms with Crippen LogP contribution in [0.2, 0.25) is 0 Å². The number of nitrogens with two attached hydrogens (primary N) is 1. The molecule has 1 aliphatic rings. The third-order valence-corrected chi connectivity index (χ3v) is 4.25. The third-order valence-electron chi connectivity index (χ3n) is 3.21. The molecule has 17 heavy (non-hydrogen) atoms. The maximum Gasteiger partial charge on any atom is 0.270 e. The Morgan fingerprint density at radius 3 is 3.00 bits per heavy atom. The maximum atomic E-state index is 11.8. The Balaban J connectivity index is 1.77. The van der Waals surface area contributed by atoms with Gasteiger partial charge in [-0.2, -0.15) is 0 Å². The van der Waals surface area contributed by atoms with E-state index in [1.165, 1.54) is 30.6 Å². The fourth-order valence-electron chi connectivity index (χ4n) is 1.86. The molecule has 0 bridgehead atoms. The largest absolute Gasteiger partial charge is 0.351 e. The Hall–Kier alpha value is -0.940. The van der Waals surface area contributed by atoms with Gasteiger partial charge >= 0.3 is 0 Å². The zero-order valence-corrected chi connectivity index (χ0v) is 10.9. The van der Waals surface area contributed by atoms with Crippen LogP contribution < -0.4 is 11.1 Å². The maximum absolute atomic E-state index is 11.8. The van der Waals surface area contributed by atoms with Crippen molar-refractivity contribution in [2.24, 2.45) is 11.7 Å². The van der Waals surface area contributed by atoms with E-state index >= 15 is 0 Å². The fraction of sp³-hybridized carbons (Fsp3) is 0.667. The molecule has 0 aromatic carbocycles. The van der Waals surface area contributed by atoms with Gasteiger partial charge in [-0.05, 0) is 19.3 Å². The molecule has 0 saturated heterocycles. The van der Waals surface area contributed by atoms with Gasteiger partial charge in [0.15, 0.2) is 0 Å². The van der Waals surface area contributed by atoms with Crippen molar-refractivity contribution in [3.05, 3.63) is 16.1 Å². The minimum atomic E-state index is -0.100. The Morgan fingerprint density at radius 2 is 2.47 bits per heavy atom. The molecule has 1 heterocycles. The molecule has 1 unspecified atom stereocenters. The van der Waals surface area contributed by atoms with Gasteiger partial charge in [0.1, 0.15) is 10.7 Å². The van der Waals surface area contributed by atoms with Crippen LogP contribution in [0, 0.1) is 5.92 Å². The van der Waals surface area contributed by atoms with Gasteiger partial charge in [-0.1, -0.05) is 19.3 Å². The second kappa shape index (κ2) is 5.60. The van der Waals surface area contributed by atoms with Crippen LogP contribution in [0.15, 0.2) is 5.38 Å². The van der Waals surface area contributed by atoms with Gasteiger partial charge in [-0.3, -0.25) is 4.79 Å². The number of carbonyl (C=O) groups is 1. The molecule has 0 radical (unpaired) electrons. The van der Waals surface area contributed by atoms with Crippen molar-refractivity contribution >= 4 is 17.2 Å². The van der Waals surface area contributed by atoms with Gasteiger partial charge in [0.2, 0.25) is 0 Å². The molecule has 0 spiro atoms. The van der Waals surface area contributed by atoms with E-state index in [1.54, 1.807) is 5.38 Å². The number of aromatic nitrogens is 1. The van der Waals surface area contributed by atoms with Crippen LogP contribution in [0.3, 0.4) is 0 Å². The van der Waals surface area contributed by atoms with Crippen LogP contribution in [0.5, 0.6) is 0 Å². The number of hydrogen-bond donors (Lipinski definition) is 2. The van der Waals surface area contributed by atoms with Gasteiger partial charge in [-0.15, -0.1) is 11.3 Å². The first kappa shape index (κ1) is 12.5. The monoisotopic (exact) mass is 253 g/mol. The van der Waals surface area contributed by atoms with E-state index in [9.17, 15) is 4.79 Å². The van der Waals surface area contributed by atoms with Crippen LogP contribution in [-0.2, 0) is 0 Å². The van der Waals surface area contributed by atoms with Crippen molar-refractivity contribution in [3.63, 3.8) is 0 Å². The summed E-state index contributed by atoms with van der Waals surface area (Å²) in [6, 6.07) is -0.100. The van der Waals surface area contributed by atoms with Crippen molar-refractivity contribution in [1.82, 2.24) is 10.3 Å². The summed E-state index contributed by atoms with van der Waals surface area (Å²) >= 11 is 1.44. The van der Waals surface area contributed by atoms with E-state index in [-0.39, 0.29) is 11.9 Å². The standard InChI is InChI=1S/C12H19N3OS/c1-8(13)12-15-10(7-17-12)11(16)14-6-5-9-3-2-4-9/h7-9H,2-6,13H2,1H3,(H,14,16). The van der Waals surface area contributed by atoms with Crippen molar-refractivity contribution in [3.8, 4) is 0 Å². The minimum Gasteiger partial charge on any atom is -0.351 e. The van der Waals surface area contributed by atoms with E-state index in [4.69, 9.17) is 5.73 Å². The highest BCUT2D eigenvalue weighted by molar-refractivity contribution is 7.09. The summed E-state index contributed by atoms with van der Waals surface area (Å²) in [7, 11) is 0. The van der Waals surface area contributed by atoms with Crippen LogP contribution in [0.4, 0.5) is 0 Å². The van der Waals surface area contributed by atoms with E-state index in [2.05, 4.69) is 10.3 Å². The number of carbonyl (C=O) groups excluding carboxylic acids is 1. The van der Waals surface area contributed by atoms with E-state index in [0.29, 0.717) is 5.69 Å². The lowest BCUT2D eigenvalue weighted by atomic mass is 9.83. The van der Waals surface area contributed by atoms with Gasteiger partial charge in [0, 0.05) is 11.9 Å². The lowest BCUT2D eigenvalue weighted by Crippen LogP contribution is -2.27. The van der Waals surface area contributed by atoms with Crippen LogP contribution in [0.1, 0.15) is 54.1 Å². The normalized spacial score (nSPS) is 17.5. The SMILES string of the molecule is CC(N)c1nc(C(=O)NCCC2CCC2)cs1. The Labute approximate surface area is 106 Å². The summed E-state index contributed by atoms with van der Waals surface area (Å²) in [5.41, 5.74) is 6.21. The zero-order valence-electron chi connectivity index (χ0n) is 10.1. The van der Waals surface area contributed by atoms with E-state index < -0.39 is 0 Å². The summed E-state index contributed by atoms with van der Waals surface area (Å²) in [6.07, 6.45) is 5.08. The summed E-state index contributed by atoms with van der Waals surface area (Å²) in [5.74, 6) is 0.748. The number of amides is 1. The molecule has 1 aromatic heterocycles. The lowest BCUT2D eigenvalue weighted by Gasteiger charge is -2.24. The first-order chi connectivity index (χ1) is 8.16. The molecule has 1 aliphatic carbocycles. The van der Waals surface area contributed by atoms with Gasteiger partial charge < -0.3 is 11.1 Å². The number of hydrogen-bond acceptors (Lipinski definition) is 4. The van der Waals surface area contributed by atoms with Crippen molar-refractivity contribution < 1.29 is 4.79 Å².